The highest BCUT2D eigenvalue weighted by atomic mass is 35.5. The second kappa shape index (κ2) is 9.09. The number of amides is 1. The predicted molar refractivity (Wildman–Crippen MR) is 103 cm³/mol. The van der Waals surface area contributed by atoms with Gasteiger partial charge in [0.1, 0.15) is 11.5 Å². The van der Waals surface area contributed by atoms with E-state index >= 15 is 0 Å². The third-order valence-electron chi connectivity index (χ3n) is 3.92. The van der Waals surface area contributed by atoms with E-state index in [1.54, 1.807) is 24.3 Å². The Morgan fingerprint density at radius 3 is 2.56 bits per heavy atom. The number of halogens is 2. The van der Waals surface area contributed by atoms with Crippen molar-refractivity contribution in [2.75, 3.05) is 11.9 Å². The molecule has 5 nitrogen and oxygen atoms in total. The molecule has 7 heteroatoms. The van der Waals surface area contributed by atoms with E-state index in [2.05, 4.69) is 20.6 Å². The molecule has 2 N–H and O–H groups in total. The maximum atomic E-state index is 13.6. The van der Waals surface area contributed by atoms with E-state index in [4.69, 9.17) is 11.6 Å². The molecule has 2 aromatic carbocycles. The molecular formula is C20H18ClFN4O. The molecule has 3 rings (SSSR count). The zero-order valence-electron chi connectivity index (χ0n) is 14.5. The topological polar surface area (TPSA) is 66.9 Å². The molecule has 0 aliphatic carbocycles. The van der Waals surface area contributed by atoms with Crippen LogP contribution < -0.4 is 10.6 Å². The molecule has 0 aliphatic heterocycles. The van der Waals surface area contributed by atoms with Gasteiger partial charge in [0, 0.05) is 24.3 Å². The molecule has 3 aromatic rings. The molecule has 0 unspecified atom stereocenters. The maximum absolute atomic E-state index is 13.6. The van der Waals surface area contributed by atoms with Gasteiger partial charge in [-0.05, 0) is 35.7 Å². The van der Waals surface area contributed by atoms with Crippen molar-refractivity contribution in [1.82, 2.24) is 15.3 Å². The number of hydrogen-bond acceptors (Lipinski definition) is 4. The number of benzene rings is 2. The molecule has 0 saturated carbocycles. The zero-order valence-corrected chi connectivity index (χ0v) is 15.2. The van der Waals surface area contributed by atoms with Crippen LogP contribution in [0.15, 0.2) is 60.8 Å². The number of nitrogens with one attached hydrogen (secondary N) is 2. The van der Waals surface area contributed by atoms with Crippen LogP contribution in [0.25, 0.3) is 0 Å². The summed E-state index contributed by atoms with van der Waals surface area (Å²) in [5.41, 5.74) is 1.70. The van der Waals surface area contributed by atoms with Gasteiger partial charge in [-0.25, -0.2) is 14.4 Å². The first-order valence-electron chi connectivity index (χ1n) is 8.45. The zero-order chi connectivity index (χ0) is 19.1. The highest BCUT2D eigenvalue weighted by Gasteiger charge is 2.09. The summed E-state index contributed by atoms with van der Waals surface area (Å²) in [5, 5.41) is 6.44. The Hall–Kier alpha value is -2.99. The lowest BCUT2D eigenvalue weighted by atomic mass is 10.1. The van der Waals surface area contributed by atoms with Gasteiger partial charge in [0.2, 0.25) is 5.95 Å². The second-order valence-corrected chi connectivity index (χ2v) is 6.21. The summed E-state index contributed by atoms with van der Waals surface area (Å²) in [4.78, 5) is 20.6. The molecule has 0 bridgehead atoms. The number of aromatic nitrogens is 2. The molecular weight excluding hydrogens is 367 g/mol. The van der Waals surface area contributed by atoms with Crippen molar-refractivity contribution in [3.05, 3.63) is 88.5 Å². The third-order valence-corrected chi connectivity index (χ3v) is 4.29. The van der Waals surface area contributed by atoms with Crippen molar-refractivity contribution >= 4 is 23.5 Å². The molecule has 0 fully saturated rings. The molecule has 0 aliphatic rings. The van der Waals surface area contributed by atoms with Gasteiger partial charge in [0.05, 0.1) is 0 Å². The van der Waals surface area contributed by atoms with Gasteiger partial charge >= 0.3 is 0 Å². The summed E-state index contributed by atoms with van der Waals surface area (Å²) < 4.78 is 13.6. The highest BCUT2D eigenvalue weighted by Crippen LogP contribution is 2.15. The standard InChI is InChI=1S/C20H18ClFN4O/c21-16-7-3-1-6-15(16)13-25-20-24-12-10-18(26-20)19(27)23-11-9-14-5-2-4-8-17(14)22/h1-8,10,12H,9,11,13H2,(H,23,27)(H,24,25,26). The summed E-state index contributed by atoms with van der Waals surface area (Å²) in [6.45, 7) is 0.754. The van der Waals surface area contributed by atoms with E-state index in [-0.39, 0.29) is 17.4 Å². The lowest BCUT2D eigenvalue weighted by Gasteiger charge is -2.08. The first kappa shape index (κ1) is 18.8. The summed E-state index contributed by atoms with van der Waals surface area (Å²) in [6.07, 6.45) is 1.91. The van der Waals surface area contributed by atoms with E-state index in [0.717, 1.165) is 5.56 Å². The lowest BCUT2D eigenvalue weighted by molar-refractivity contribution is 0.0949. The number of hydrogen-bond donors (Lipinski definition) is 2. The van der Waals surface area contributed by atoms with Gasteiger partial charge in [-0.15, -0.1) is 0 Å². The molecule has 0 radical (unpaired) electrons. The van der Waals surface area contributed by atoms with Crippen LogP contribution >= 0.6 is 11.6 Å². The minimum absolute atomic E-state index is 0.236. The molecule has 1 aromatic heterocycles. The fourth-order valence-corrected chi connectivity index (χ4v) is 2.69. The largest absolute Gasteiger partial charge is 0.350 e. The number of carbonyl (C=O) groups excluding carboxylic acids is 1. The molecule has 0 saturated heterocycles. The Bertz CT molecular complexity index is 935. The Morgan fingerprint density at radius 2 is 1.78 bits per heavy atom. The molecule has 1 heterocycles. The number of rotatable bonds is 7. The maximum Gasteiger partial charge on any atom is 0.270 e. The number of nitrogens with zero attached hydrogens (tertiary/aromatic N) is 2. The molecule has 0 atom stereocenters. The van der Waals surface area contributed by atoms with E-state index in [1.807, 2.05) is 18.2 Å². The molecule has 0 spiro atoms. The van der Waals surface area contributed by atoms with E-state index < -0.39 is 0 Å². The van der Waals surface area contributed by atoms with Crippen molar-refractivity contribution in [3.8, 4) is 0 Å². The highest BCUT2D eigenvalue weighted by molar-refractivity contribution is 6.31. The minimum atomic E-state index is -0.338. The number of carbonyl (C=O) groups is 1. The van der Waals surface area contributed by atoms with Crippen molar-refractivity contribution < 1.29 is 9.18 Å². The summed E-state index contributed by atoms with van der Waals surface area (Å²) >= 11 is 6.12. The fraction of sp³-hybridized carbons (Fsp3) is 0.150. The van der Waals surface area contributed by atoms with Crippen molar-refractivity contribution in [3.63, 3.8) is 0 Å². The Balaban J connectivity index is 1.55. The first-order valence-corrected chi connectivity index (χ1v) is 8.83. The Labute approximate surface area is 161 Å². The van der Waals surface area contributed by atoms with Crippen molar-refractivity contribution in [2.45, 2.75) is 13.0 Å². The SMILES string of the molecule is O=C(NCCc1ccccc1F)c1ccnc(NCc2ccccc2Cl)n1. The van der Waals surface area contributed by atoms with Gasteiger partial charge in [-0.1, -0.05) is 48.0 Å². The van der Waals surface area contributed by atoms with Crippen LogP contribution in [0.5, 0.6) is 0 Å². The third kappa shape index (κ3) is 5.24. The van der Waals surface area contributed by atoms with Crippen molar-refractivity contribution in [1.29, 1.82) is 0 Å². The summed E-state index contributed by atoms with van der Waals surface area (Å²) in [7, 11) is 0. The predicted octanol–water partition coefficient (Wildman–Crippen LogP) is 3.85. The smallest absolute Gasteiger partial charge is 0.270 e. The van der Waals surface area contributed by atoms with Crippen LogP contribution in [0, 0.1) is 5.82 Å². The van der Waals surface area contributed by atoms with E-state index in [9.17, 15) is 9.18 Å². The fourth-order valence-electron chi connectivity index (χ4n) is 2.49. The van der Waals surface area contributed by atoms with Crippen LogP contribution in [0.4, 0.5) is 10.3 Å². The lowest BCUT2D eigenvalue weighted by Crippen LogP contribution is -2.27. The molecule has 1 amide bonds. The monoisotopic (exact) mass is 384 g/mol. The van der Waals surface area contributed by atoms with Gasteiger partial charge in [-0.3, -0.25) is 4.79 Å². The van der Waals surface area contributed by atoms with Crippen LogP contribution in [0.1, 0.15) is 21.6 Å². The Morgan fingerprint density at radius 1 is 1.04 bits per heavy atom. The normalized spacial score (nSPS) is 10.4. The van der Waals surface area contributed by atoms with Gasteiger partial charge < -0.3 is 10.6 Å². The molecule has 27 heavy (non-hydrogen) atoms. The Kier molecular flexibility index (Phi) is 6.33. The molecule has 138 valence electrons. The van der Waals surface area contributed by atoms with Crippen LogP contribution in [0.3, 0.4) is 0 Å². The second-order valence-electron chi connectivity index (χ2n) is 5.81. The van der Waals surface area contributed by atoms with Crippen LogP contribution in [-0.2, 0) is 13.0 Å². The van der Waals surface area contributed by atoms with Gasteiger partial charge in [-0.2, -0.15) is 0 Å². The summed E-state index contributed by atoms with van der Waals surface area (Å²) in [5.74, 6) is -0.286. The van der Waals surface area contributed by atoms with E-state index in [0.29, 0.717) is 36.0 Å². The van der Waals surface area contributed by atoms with E-state index in [1.165, 1.54) is 18.3 Å². The summed E-state index contributed by atoms with van der Waals surface area (Å²) in [6, 6.07) is 15.5. The van der Waals surface area contributed by atoms with Crippen LogP contribution in [-0.4, -0.2) is 22.4 Å². The number of anilines is 1. The average Bonchev–Trinajstić information content (AvgIpc) is 2.69. The van der Waals surface area contributed by atoms with Gasteiger partial charge in [0.15, 0.2) is 0 Å². The quantitative estimate of drug-likeness (QED) is 0.649. The minimum Gasteiger partial charge on any atom is -0.350 e. The van der Waals surface area contributed by atoms with Gasteiger partial charge in [0.25, 0.3) is 5.91 Å². The average molecular weight is 385 g/mol. The first-order chi connectivity index (χ1) is 13.1. The van der Waals surface area contributed by atoms with Crippen molar-refractivity contribution in [2.24, 2.45) is 0 Å². The van der Waals surface area contributed by atoms with Crippen LogP contribution in [0.2, 0.25) is 5.02 Å².